The maximum absolute atomic E-state index is 12.5. The van der Waals surface area contributed by atoms with E-state index in [4.69, 9.17) is 4.74 Å². The van der Waals surface area contributed by atoms with Crippen LogP contribution >= 0.6 is 11.3 Å². The lowest BCUT2D eigenvalue weighted by molar-refractivity contribution is 0.0501. The van der Waals surface area contributed by atoms with Gasteiger partial charge in [0, 0.05) is 18.0 Å². The molecule has 0 aromatic carbocycles. The number of ether oxygens (including phenoxy) is 1. The van der Waals surface area contributed by atoms with Crippen LogP contribution in [0.15, 0.2) is 23.8 Å². The molecule has 106 valence electrons. The number of carbonyl (C=O) groups excluding carboxylic acids is 1. The van der Waals surface area contributed by atoms with Crippen molar-refractivity contribution in [2.24, 2.45) is 0 Å². The molecule has 2 aromatic heterocycles. The minimum absolute atomic E-state index is 0.127. The molecule has 1 unspecified atom stereocenters. The van der Waals surface area contributed by atoms with E-state index >= 15 is 0 Å². The van der Waals surface area contributed by atoms with E-state index < -0.39 is 0 Å². The van der Waals surface area contributed by atoms with Crippen LogP contribution in [0, 0.1) is 0 Å². The summed E-state index contributed by atoms with van der Waals surface area (Å²) in [5.74, 6) is 0.144. The molecule has 1 aliphatic rings. The fourth-order valence-corrected chi connectivity index (χ4v) is 3.02. The SMILES string of the molecule is O=C(c1ncn[nH]1)N(Cc1cccs1)CC1CCCO1. The van der Waals surface area contributed by atoms with E-state index in [1.165, 1.54) is 6.33 Å². The Morgan fingerprint density at radius 1 is 1.60 bits per heavy atom. The number of aromatic amines is 1. The van der Waals surface area contributed by atoms with Crippen molar-refractivity contribution in [1.82, 2.24) is 20.1 Å². The number of carbonyl (C=O) groups is 1. The quantitative estimate of drug-likeness (QED) is 0.910. The van der Waals surface area contributed by atoms with Gasteiger partial charge in [0.05, 0.1) is 12.6 Å². The molecule has 1 atom stereocenters. The first kappa shape index (κ1) is 13.3. The van der Waals surface area contributed by atoms with Gasteiger partial charge in [0.15, 0.2) is 0 Å². The second-order valence-corrected chi connectivity index (χ2v) is 5.77. The summed E-state index contributed by atoms with van der Waals surface area (Å²) in [6.07, 6.45) is 3.54. The second kappa shape index (κ2) is 6.15. The van der Waals surface area contributed by atoms with Gasteiger partial charge in [-0.1, -0.05) is 6.07 Å². The first-order valence-electron chi connectivity index (χ1n) is 6.61. The molecule has 3 rings (SSSR count). The molecule has 1 saturated heterocycles. The Balaban J connectivity index is 1.73. The molecule has 7 heteroatoms. The molecule has 0 bridgehead atoms. The predicted molar refractivity (Wildman–Crippen MR) is 74.4 cm³/mol. The van der Waals surface area contributed by atoms with Crippen LogP contribution in [0.5, 0.6) is 0 Å². The third-order valence-corrected chi connectivity index (χ3v) is 4.14. The van der Waals surface area contributed by atoms with Crippen molar-refractivity contribution in [2.75, 3.05) is 13.2 Å². The summed E-state index contributed by atoms with van der Waals surface area (Å²) < 4.78 is 5.63. The van der Waals surface area contributed by atoms with Gasteiger partial charge in [-0.3, -0.25) is 9.89 Å². The maximum atomic E-state index is 12.5. The molecule has 1 N–H and O–H groups in total. The number of thiophene rings is 1. The number of hydrogen-bond donors (Lipinski definition) is 1. The first-order chi connectivity index (χ1) is 9.83. The molecule has 3 heterocycles. The van der Waals surface area contributed by atoms with E-state index in [0.29, 0.717) is 13.1 Å². The summed E-state index contributed by atoms with van der Waals surface area (Å²) in [5, 5.41) is 8.39. The predicted octanol–water partition coefficient (Wildman–Crippen LogP) is 1.69. The Morgan fingerprint density at radius 2 is 2.55 bits per heavy atom. The monoisotopic (exact) mass is 292 g/mol. The third kappa shape index (κ3) is 3.05. The van der Waals surface area contributed by atoms with Crippen molar-refractivity contribution >= 4 is 17.2 Å². The largest absolute Gasteiger partial charge is 0.376 e. The molecule has 0 spiro atoms. The van der Waals surface area contributed by atoms with Crippen LogP contribution in [0.4, 0.5) is 0 Å². The van der Waals surface area contributed by atoms with Gasteiger partial charge in [-0.05, 0) is 24.3 Å². The molecule has 0 aliphatic carbocycles. The molecule has 20 heavy (non-hydrogen) atoms. The standard InChI is InChI=1S/C13H16N4O2S/c18-13(12-14-9-15-16-12)17(7-10-3-1-5-19-10)8-11-4-2-6-20-11/h2,4,6,9-10H,1,3,5,7-8H2,(H,14,15,16). The van der Waals surface area contributed by atoms with E-state index in [0.717, 1.165) is 24.3 Å². The Labute approximate surface area is 120 Å². The zero-order valence-corrected chi connectivity index (χ0v) is 11.8. The van der Waals surface area contributed by atoms with Gasteiger partial charge in [-0.2, -0.15) is 5.10 Å². The van der Waals surface area contributed by atoms with Crippen LogP contribution in [0.3, 0.4) is 0 Å². The third-order valence-electron chi connectivity index (χ3n) is 3.28. The number of hydrogen-bond acceptors (Lipinski definition) is 5. The topological polar surface area (TPSA) is 71.1 Å². The summed E-state index contributed by atoms with van der Waals surface area (Å²) in [6, 6.07) is 4.02. The van der Waals surface area contributed by atoms with Gasteiger partial charge in [0.2, 0.25) is 5.82 Å². The molecular formula is C13H16N4O2S. The fraction of sp³-hybridized carbons (Fsp3) is 0.462. The first-order valence-corrected chi connectivity index (χ1v) is 7.49. The van der Waals surface area contributed by atoms with Crippen LogP contribution in [-0.2, 0) is 11.3 Å². The number of nitrogens with one attached hydrogen (secondary N) is 1. The molecule has 1 amide bonds. The maximum Gasteiger partial charge on any atom is 0.291 e. The van der Waals surface area contributed by atoms with Crippen LogP contribution in [0.1, 0.15) is 28.3 Å². The Morgan fingerprint density at radius 3 is 3.20 bits per heavy atom. The highest BCUT2D eigenvalue weighted by Gasteiger charge is 2.25. The van der Waals surface area contributed by atoms with Crippen LogP contribution in [-0.4, -0.2) is 45.2 Å². The highest BCUT2D eigenvalue weighted by molar-refractivity contribution is 7.09. The lowest BCUT2D eigenvalue weighted by Gasteiger charge is -2.24. The normalized spacial score (nSPS) is 18.3. The summed E-state index contributed by atoms with van der Waals surface area (Å²) in [7, 11) is 0. The van der Waals surface area contributed by atoms with Gasteiger partial charge < -0.3 is 9.64 Å². The number of nitrogens with zero attached hydrogens (tertiary/aromatic N) is 3. The van der Waals surface area contributed by atoms with Gasteiger partial charge in [-0.15, -0.1) is 11.3 Å². The molecule has 2 aromatic rings. The Bertz CT molecular complexity index is 535. The van der Waals surface area contributed by atoms with Gasteiger partial charge in [0.25, 0.3) is 5.91 Å². The van der Waals surface area contributed by atoms with Gasteiger partial charge in [0.1, 0.15) is 6.33 Å². The number of amides is 1. The minimum Gasteiger partial charge on any atom is -0.376 e. The average Bonchev–Trinajstić information content (AvgIpc) is 3.20. The van der Waals surface area contributed by atoms with E-state index in [2.05, 4.69) is 15.2 Å². The number of rotatable bonds is 5. The molecule has 1 aliphatic heterocycles. The van der Waals surface area contributed by atoms with Crippen LogP contribution in [0.25, 0.3) is 0 Å². The Hall–Kier alpha value is -1.73. The molecular weight excluding hydrogens is 276 g/mol. The van der Waals surface area contributed by atoms with E-state index in [9.17, 15) is 4.79 Å². The van der Waals surface area contributed by atoms with Crippen molar-refractivity contribution in [3.8, 4) is 0 Å². The lowest BCUT2D eigenvalue weighted by Crippen LogP contribution is -2.37. The van der Waals surface area contributed by atoms with Crippen molar-refractivity contribution in [3.05, 3.63) is 34.5 Å². The van der Waals surface area contributed by atoms with E-state index in [1.54, 1.807) is 16.2 Å². The Kier molecular flexibility index (Phi) is 4.08. The van der Waals surface area contributed by atoms with E-state index in [-0.39, 0.29) is 17.8 Å². The second-order valence-electron chi connectivity index (χ2n) is 4.73. The van der Waals surface area contributed by atoms with Crippen molar-refractivity contribution < 1.29 is 9.53 Å². The van der Waals surface area contributed by atoms with Crippen molar-refractivity contribution in [1.29, 1.82) is 0 Å². The van der Waals surface area contributed by atoms with Crippen LogP contribution in [0.2, 0.25) is 0 Å². The van der Waals surface area contributed by atoms with E-state index in [1.807, 2.05) is 17.5 Å². The van der Waals surface area contributed by atoms with Gasteiger partial charge in [-0.25, -0.2) is 4.98 Å². The van der Waals surface area contributed by atoms with Crippen LogP contribution < -0.4 is 0 Å². The molecule has 0 saturated carbocycles. The summed E-state index contributed by atoms with van der Waals surface area (Å²) in [5.41, 5.74) is 0. The average molecular weight is 292 g/mol. The molecule has 6 nitrogen and oxygen atoms in total. The zero-order valence-electron chi connectivity index (χ0n) is 11.0. The zero-order chi connectivity index (χ0) is 13.8. The van der Waals surface area contributed by atoms with Crippen molar-refractivity contribution in [3.63, 3.8) is 0 Å². The van der Waals surface area contributed by atoms with Gasteiger partial charge >= 0.3 is 0 Å². The molecule has 0 radical (unpaired) electrons. The fourth-order valence-electron chi connectivity index (χ4n) is 2.30. The smallest absolute Gasteiger partial charge is 0.291 e. The molecule has 1 fully saturated rings. The summed E-state index contributed by atoms with van der Waals surface area (Å²) in [6.45, 7) is 1.96. The summed E-state index contributed by atoms with van der Waals surface area (Å²) in [4.78, 5) is 19.3. The number of H-pyrrole nitrogens is 1. The highest BCUT2D eigenvalue weighted by Crippen LogP contribution is 2.18. The minimum atomic E-state index is -0.133. The lowest BCUT2D eigenvalue weighted by atomic mass is 10.2. The number of aromatic nitrogens is 3. The summed E-state index contributed by atoms with van der Waals surface area (Å²) >= 11 is 1.64. The van der Waals surface area contributed by atoms with Crippen molar-refractivity contribution in [2.45, 2.75) is 25.5 Å². The highest BCUT2D eigenvalue weighted by atomic mass is 32.1.